The van der Waals surface area contributed by atoms with Gasteiger partial charge in [0.15, 0.2) is 0 Å². The standard InChI is InChI=1S/C14H22N2O2/c1-9(2)8-16(10(3)4)13-12(14(17)18)11(5)6-7-15-13/h6-7,9-10H,8H2,1-5H3,(H,17,18). The largest absolute Gasteiger partial charge is 0.478 e. The van der Waals surface area contributed by atoms with Crippen molar-refractivity contribution in [2.24, 2.45) is 5.92 Å². The summed E-state index contributed by atoms with van der Waals surface area (Å²) in [7, 11) is 0. The van der Waals surface area contributed by atoms with Crippen molar-refractivity contribution < 1.29 is 9.90 Å². The van der Waals surface area contributed by atoms with Gasteiger partial charge in [-0.25, -0.2) is 9.78 Å². The Bertz CT molecular complexity index is 428. The molecule has 0 aliphatic carbocycles. The number of nitrogens with zero attached hydrogens (tertiary/aromatic N) is 2. The lowest BCUT2D eigenvalue weighted by molar-refractivity contribution is 0.0696. The maximum atomic E-state index is 11.4. The van der Waals surface area contributed by atoms with Crippen molar-refractivity contribution in [2.75, 3.05) is 11.4 Å². The Kier molecular flexibility index (Phi) is 4.70. The fourth-order valence-corrected chi connectivity index (χ4v) is 1.96. The molecule has 0 amide bonds. The van der Waals surface area contributed by atoms with Crippen molar-refractivity contribution in [3.63, 3.8) is 0 Å². The third-order valence-electron chi connectivity index (χ3n) is 2.81. The Balaban J connectivity index is 3.27. The molecule has 0 atom stereocenters. The van der Waals surface area contributed by atoms with Gasteiger partial charge < -0.3 is 10.0 Å². The number of aryl methyl sites for hydroxylation is 1. The van der Waals surface area contributed by atoms with Crippen LogP contribution in [0.3, 0.4) is 0 Å². The highest BCUT2D eigenvalue weighted by atomic mass is 16.4. The van der Waals surface area contributed by atoms with Crippen molar-refractivity contribution in [2.45, 2.75) is 40.7 Å². The molecule has 4 heteroatoms. The summed E-state index contributed by atoms with van der Waals surface area (Å²) in [6.07, 6.45) is 1.67. The number of aromatic carboxylic acids is 1. The van der Waals surface area contributed by atoms with Crippen LogP contribution in [0.25, 0.3) is 0 Å². The lowest BCUT2D eigenvalue weighted by Crippen LogP contribution is -2.36. The maximum Gasteiger partial charge on any atom is 0.339 e. The van der Waals surface area contributed by atoms with Crippen LogP contribution in [0.15, 0.2) is 12.3 Å². The molecule has 0 aliphatic heterocycles. The van der Waals surface area contributed by atoms with Gasteiger partial charge in [-0.3, -0.25) is 0 Å². The first-order valence-electron chi connectivity index (χ1n) is 6.30. The normalized spacial score (nSPS) is 11.1. The second-order valence-electron chi connectivity index (χ2n) is 5.27. The summed E-state index contributed by atoms with van der Waals surface area (Å²) in [6.45, 7) is 10.9. The summed E-state index contributed by atoms with van der Waals surface area (Å²) in [5.74, 6) is 0.118. The maximum absolute atomic E-state index is 11.4. The Morgan fingerprint density at radius 1 is 1.39 bits per heavy atom. The zero-order valence-electron chi connectivity index (χ0n) is 11.8. The average Bonchev–Trinajstić information content (AvgIpc) is 2.24. The Labute approximate surface area is 109 Å². The molecule has 1 aromatic heterocycles. The van der Waals surface area contributed by atoms with Crippen LogP contribution >= 0.6 is 0 Å². The Hall–Kier alpha value is -1.58. The monoisotopic (exact) mass is 250 g/mol. The van der Waals surface area contributed by atoms with Crippen LogP contribution in [-0.4, -0.2) is 28.6 Å². The Morgan fingerprint density at radius 3 is 2.44 bits per heavy atom. The molecule has 0 bridgehead atoms. The highest BCUT2D eigenvalue weighted by Gasteiger charge is 2.22. The van der Waals surface area contributed by atoms with Gasteiger partial charge in [0.05, 0.1) is 0 Å². The number of aromatic nitrogens is 1. The van der Waals surface area contributed by atoms with Crippen molar-refractivity contribution >= 4 is 11.8 Å². The third-order valence-corrected chi connectivity index (χ3v) is 2.81. The molecule has 0 radical (unpaired) electrons. The number of pyridine rings is 1. The van der Waals surface area contributed by atoms with Crippen LogP contribution in [0.2, 0.25) is 0 Å². The molecule has 4 nitrogen and oxygen atoms in total. The lowest BCUT2D eigenvalue weighted by Gasteiger charge is -2.31. The summed E-state index contributed by atoms with van der Waals surface area (Å²) in [6, 6.07) is 1.96. The van der Waals surface area contributed by atoms with Gasteiger partial charge in [0.2, 0.25) is 0 Å². The van der Waals surface area contributed by atoms with E-state index < -0.39 is 5.97 Å². The molecule has 100 valence electrons. The zero-order chi connectivity index (χ0) is 13.9. The van der Waals surface area contributed by atoms with E-state index in [1.165, 1.54) is 0 Å². The van der Waals surface area contributed by atoms with E-state index in [1.807, 2.05) is 6.92 Å². The summed E-state index contributed by atoms with van der Waals surface area (Å²) < 4.78 is 0. The molecule has 1 N–H and O–H groups in total. The molecule has 0 aromatic carbocycles. The SMILES string of the molecule is Cc1ccnc(N(CC(C)C)C(C)C)c1C(=O)O. The molecule has 0 spiro atoms. The number of carbonyl (C=O) groups is 1. The van der Waals surface area contributed by atoms with Crippen molar-refractivity contribution in [1.82, 2.24) is 4.98 Å². The number of anilines is 1. The second-order valence-corrected chi connectivity index (χ2v) is 5.27. The van der Waals surface area contributed by atoms with Gasteiger partial charge in [0.1, 0.15) is 11.4 Å². The van der Waals surface area contributed by atoms with Crippen molar-refractivity contribution in [1.29, 1.82) is 0 Å². The minimum Gasteiger partial charge on any atom is -0.478 e. The minimum atomic E-state index is -0.912. The van der Waals surface area contributed by atoms with E-state index in [2.05, 4.69) is 37.6 Å². The van der Waals surface area contributed by atoms with Crippen LogP contribution in [-0.2, 0) is 0 Å². The highest BCUT2D eigenvalue weighted by molar-refractivity contribution is 5.95. The van der Waals surface area contributed by atoms with Gasteiger partial charge >= 0.3 is 5.97 Å². The number of carboxylic acid groups (broad SMARTS) is 1. The number of rotatable bonds is 5. The summed E-state index contributed by atoms with van der Waals surface area (Å²) >= 11 is 0. The number of hydrogen-bond donors (Lipinski definition) is 1. The first kappa shape index (κ1) is 14.5. The van der Waals surface area contributed by atoms with E-state index in [9.17, 15) is 9.90 Å². The second kappa shape index (κ2) is 5.85. The molecule has 0 unspecified atom stereocenters. The van der Waals surface area contributed by atoms with E-state index in [1.54, 1.807) is 12.3 Å². The molecule has 0 saturated carbocycles. The number of hydrogen-bond acceptors (Lipinski definition) is 3. The fraction of sp³-hybridized carbons (Fsp3) is 0.571. The van der Waals surface area contributed by atoms with Crippen LogP contribution in [0, 0.1) is 12.8 Å². The fourth-order valence-electron chi connectivity index (χ4n) is 1.96. The molecule has 0 fully saturated rings. The predicted molar refractivity (Wildman–Crippen MR) is 73.3 cm³/mol. The van der Waals surface area contributed by atoms with Gasteiger partial charge in [-0.15, -0.1) is 0 Å². The van der Waals surface area contributed by atoms with Crippen LogP contribution < -0.4 is 4.90 Å². The van der Waals surface area contributed by atoms with Gasteiger partial charge in [-0.2, -0.15) is 0 Å². The third kappa shape index (κ3) is 3.22. The predicted octanol–water partition coefficient (Wildman–Crippen LogP) is 2.96. The molecule has 0 saturated heterocycles. The topological polar surface area (TPSA) is 53.4 Å². The Morgan fingerprint density at radius 2 is 2.00 bits per heavy atom. The summed E-state index contributed by atoms with van der Waals surface area (Å²) in [5.41, 5.74) is 1.06. The highest BCUT2D eigenvalue weighted by Crippen LogP contribution is 2.23. The zero-order valence-corrected chi connectivity index (χ0v) is 11.8. The summed E-state index contributed by atoms with van der Waals surface area (Å²) in [5, 5.41) is 9.34. The van der Waals surface area contributed by atoms with E-state index >= 15 is 0 Å². The van der Waals surface area contributed by atoms with Gasteiger partial charge in [0.25, 0.3) is 0 Å². The van der Waals surface area contributed by atoms with Gasteiger partial charge in [-0.05, 0) is 38.3 Å². The molecule has 0 aliphatic rings. The molecule has 18 heavy (non-hydrogen) atoms. The molecular weight excluding hydrogens is 228 g/mol. The van der Waals surface area contributed by atoms with Gasteiger partial charge in [0, 0.05) is 18.8 Å². The lowest BCUT2D eigenvalue weighted by atomic mass is 10.1. The van der Waals surface area contributed by atoms with Gasteiger partial charge in [-0.1, -0.05) is 13.8 Å². The molecule has 1 rings (SSSR count). The summed E-state index contributed by atoms with van der Waals surface area (Å²) in [4.78, 5) is 17.7. The van der Waals surface area contributed by atoms with Crippen LogP contribution in [0.1, 0.15) is 43.6 Å². The van der Waals surface area contributed by atoms with E-state index in [0.717, 1.165) is 12.1 Å². The van der Waals surface area contributed by atoms with Crippen LogP contribution in [0.4, 0.5) is 5.82 Å². The van der Waals surface area contributed by atoms with Crippen molar-refractivity contribution in [3.05, 3.63) is 23.4 Å². The quantitative estimate of drug-likeness (QED) is 0.873. The molecule has 1 aromatic rings. The first-order chi connectivity index (χ1) is 8.34. The minimum absolute atomic E-state index is 0.222. The van der Waals surface area contributed by atoms with E-state index in [0.29, 0.717) is 17.3 Å². The van der Waals surface area contributed by atoms with Crippen molar-refractivity contribution in [3.8, 4) is 0 Å². The molecule has 1 heterocycles. The van der Waals surface area contributed by atoms with E-state index in [-0.39, 0.29) is 6.04 Å². The number of carboxylic acids is 1. The van der Waals surface area contributed by atoms with Crippen LogP contribution in [0.5, 0.6) is 0 Å². The smallest absolute Gasteiger partial charge is 0.339 e. The molecular formula is C14H22N2O2. The average molecular weight is 250 g/mol. The van der Waals surface area contributed by atoms with E-state index in [4.69, 9.17) is 0 Å². The first-order valence-corrected chi connectivity index (χ1v) is 6.30.